The largest absolute Gasteiger partial charge is 0.479 e. The molecule has 1 saturated heterocycles. The number of likely N-dealkylation sites (tertiary alicyclic amines) is 1. The summed E-state index contributed by atoms with van der Waals surface area (Å²) in [6, 6.07) is 2.99. The molecule has 2 aliphatic heterocycles. The van der Waals surface area contributed by atoms with E-state index in [2.05, 4.69) is 5.32 Å². The number of rotatable bonds is 4. The van der Waals surface area contributed by atoms with E-state index in [0.717, 1.165) is 23.6 Å². The molecule has 0 bridgehead atoms. The normalized spacial score (nSPS) is 20.1. The van der Waals surface area contributed by atoms with Crippen LogP contribution in [0.25, 0.3) is 0 Å². The minimum absolute atomic E-state index is 0.0681. The van der Waals surface area contributed by atoms with Crippen LogP contribution in [0.1, 0.15) is 31.7 Å². The maximum atomic E-state index is 13.0. The number of ether oxygens (including phenoxy) is 1. The van der Waals surface area contributed by atoms with E-state index in [9.17, 15) is 18.0 Å². The van der Waals surface area contributed by atoms with Crippen LogP contribution in [-0.2, 0) is 19.6 Å². The standard InChI is InChI=1S/C18H25N3O5S/c1-12-9-14-15(26-13(2)18(23)19-14)10-16(12)27(24,25)20(3)11-17(22)21-7-5-4-6-8-21/h9-10,13H,4-8,11H2,1-3H3,(H,19,23)/t13-/m1/s1. The van der Waals surface area contributed by atoms with Gasteiger partial charge in [0.05, 0.1) is 17.1 Å². The number of hydrogen-bond acceptors (Lipinski definition) is 5. The number of benzene rings is 1. The van der Waals surface area contributed by atoms with Gasteiger partial charge in [-0.3, -0.25) is 9.59 Å². The fourth-order valence-electron chi connectivity index (χ4n) is 3.31. The highest BCUT2D eigenvalue weighted by atomic mass is 32.2. The molecular weight excluding hydrogens is 370 g/mol. The Morgan fingerprint density at radius 1 is 1.30 bits per heavy atom. The van der Waals surface area contributed by atoms with E-state index in [4.69, 9.17) is 4.74 Å². The number of nitrogens with one attached hydrogen (secondary N) is 1. The van der Waals surface area contributed by atoms with Gasteiger partial charge in [-0.15, -0.1) is 0 Å². The van der Waals surface area contributed by atoms with Crippen molar-refractivity contribution >= 4 is 27.5 Å². The van der Waals surface area contributed by atoms with E-state index in [1.165, 1.54) is 13.1 Å². The molecule has 0 unspecified atom stereocenters. The van der Waals surface area contributed by atoms with Crippen molar-refractivity contribution in [1.29, 1.82) is 0 Å². The molecule has 3 rings (SSSR count). The number of amides is 2. The molecule has 148 valence electrons. The van der Waals surface area contributed by atoms with Gasteiger partial charge in [-0.05, 0) is 44.7 Å². The predicted molar refractivity (Wildman–Crippen MR) is 100 cm³/mol. The molecule has 1 atom stereocenters. The number of hydrogen-bond donors (Lipinski definition) is 1. The number of fused-ring (bicyclic) bond motifs is 1. The second-order valence-corrected chi connectivity index (χ2v) is 9.08. The Balaban J connectivity index is 1.82. The van der Waals surface area contributed by atoms with E-state index in [1.807, 2.05) is 0 Å². The second kappa shape index (κ2) is 7.47. The SMILES string of the molecule is Cc1cc2c(cc1S(=O)(=O)N(C)CC(=O)N1CCCCC1)O[C@H](C)C(=O)N2. The lowest BCUT2D eigenvalue weighted by Gasteiger charge is -2.29. The monoisotopic (exact) mass is 395 g/mol. The van der Waals surface area contributed by atoms with Crippen LogP contribution in [-0.4, -0.2) is 62.2 Å². The lowest BCUT2D eigenvalue weighted by Crippen LogP contribution is -2.43. The number of aryl methyl sites for hydroxylation is 1. The Labute approximate surface area is 159 Å². The van der Waals surface area contributed by atoms with Crippen LogP contribution in [0.4, 0.5) is 5.69 Å². The number of sulfonamides is 1. The summed E-state index contributed by atoms with van der Waals surface area (Å²) < 4.78 is 32.6. The topological polar surface area (TPSA) is 96.0 Å². The highest BCUT2D eigenvalue weighted by Gasteiger charge is 2.31. The summed E-state index contributed by atoms with van der Waals surface area (Å²) in [5.74, 6) is -0.155. The van der Waals surface area contributed by atoms with Gasteiger partial charge < -0.3 is 15.0 Å². The van der Waals surface area contributed by atoms with Gasteiger partial charge in [-0.1, -0.05) is 0 Å². The van der Waals surface area contributed by atoms with Crippen molar-refractivity contribution in [2.24, 2.45) is 0 Å². The van der Waals surface area contributed by atoms with Crippen LogP contribution in [0.5, 0.6) is 5.75 Å². The second-order valence-electron chi connectivity index (χ2n) is 7.07. The summed E-state index contributed by atoms with van der Waals surface area (Å²) >= 11 is 0. The van der Waals surface area contributed by atoms with Crippen LogP contribution in [0.3, 0.4) is 0 Å². The van der Waals surface area contributed by atoms with Gasteiger partial charge in [0.1, 0.15) is 5.75 Å². The third-order valence-corrected chi connectivity index (χ3v) is 6.91. The molecule has 27 heavy (non-hydrogen) atoms. The summed E-state index contributed by atoms with van der Waals surface area (Å²) in [6.07, 6.45) is 2.30. The number of anilines is 1. The quantitative estimate of drug-likeness (QED) is 0.830. The molecule has 9 heteroatoms. The fraction of sp³-hybridized carbons (Fsp3) is 0.556. The molecule has 1 N–H and O–H groups in total. The first-order chi connectivity index (χ1) is 12.7. The number of likely N-dealkylation sites (N-methyl/N-ethyl adjacent to an activating group) is 1. The van der Waals surface area contributed by atoms with Crippen molar-refractivity contribution in [3.05, 3.63) is 17.7 Å². The summed E-state index contributed by atoms with van der Waals surface area (Å²) in [6.45, 7) is 4.40. The Bertz CT molecular complexity index is 862. The Hall–Kier alpha value is -2.13. The van der Waals surface area contributed by atoms with Gasteiger partial charge in [-0.2, -0.15) is 4.31 Å². The lowest BCUT2D eigenvalue weighted by atomic mass is 10.1. The van der Waals surface area contributed by atoms with Crippen LogP contribution >= 0.6 is 0 Å². The van der Waals surface area contributed by atoms with E-state index >= 15 is 0 Å². The van der Waals surface area contributed by atoms with E-state index < -0.39 is 16.1 Å². The van der Waals surface area contributed by atoms with Crippen molar-refractivity contribution in [2.45, 2.75) is 44.1 Å². The lowest BCUT2D eigenvalue weighted by molar-refractivity contribution is -0.132. The average Bonchev–Trinajstić information content (AvgIpc) is 2.63. The number of carbonyl (C=O) groups is 2. The summed E-state index contributed by atoms with van der Waals surface area (Å²) in [5, 5.41) is 2.70. The number of nitrogens with zero attached hydrogens (tertiary/aromatic N) is 2. The smallest absolute Gasteiger partial charge is 0.265 e. The van der Waals surface area contributed by atoms with E-state index in [0.29, 0.717) is 30.1 Å². The minimum atomic E-state index is -3.87. The maximum absolute atomic E-state index is 13.0. The molecule has 2 aliphatic rings. The van der Waals surface area contributed by atoms with Crippen LogP contribution in [0, 0.1) is 6.92 Å². The van der Waals surface area contributed by atoms with Crippen LogP contribution in [0.2, 0.25) is 0 Å². The average molecular weight is 395 g/mol. The molecule has 8 nitrogen and oxygen atoms in total. The van der Waals surface area contributed by atoms with E-state index in [-0.39, 0.29) is 23.3 Å². The van der Waals surface area contributed by atoms with Gasteiger partial charge in [0.2, 0.25) is 15.9 Å². The molecule has 1 aromatic carbocycles. The highest BCUT2D eigenvalue weighted by Crippen LogP contribution is 2.35. The fourth-order valence-corrected chi connectivity index (χ4v) is 4.65. The van der Waals surface area contributed by atoms with Crippen LogP contribution in [0.15, 0.2) is 17.0 Å². The Morgan fingerprint density at radius 3 is 2.63 bits per heavy atom. The minimum Gasteiger partial charge on any atom is -0.479 e. The summed E-state index contributed by atoms with van der Waals surface area (Å²) in [5.41, 5.74) is 0.922. The van der Waals surface area contributed by atoms with E-state index in [1.54, 1.807) is 24.8 Å². The molecule has 2 amide bonds. The molecule has 2 heterocycles. The predicted octanol–water partition coefficient (Wildman–Crippen LogP) is 1.35. The third kappa shape index (κ3) is 3.93. The van der Waals surface area contributed by atoms with Crippen molar-refractivity contribution in [3.8, 4) is 5.75 Å². The van der Waals surface area contributed by atoms with Gasteiger partial charge in [0.25, 0.3) is 5.91 Å². The molecule has 0 radical (unpaired) electrons. The zero-order valence-corrected chi connectivity index (χ0v) is 16.6. The van der Waals surface area contributed by atoms with Gasteiger partial charge in [0, 0.05) is 26.2 Å². The molecule has 1 fully saturated rings. The van der Waals surface area contributed by atoms with Gasteiger partial charge in [0.15, 0.2) is 6.10 Å². The maximum Gasteiger partial charge on any atom is 0.265 e. The first-order valence-electron chi connectivity index (χ1n) is 9.06. The molecular formula is C18H25N3O5S. The Morgan fingerprint density at radius 2 is 1.96 bits per heavy atom. The molecule has 1 aromatic rings. The first kappa shape index (κ1) is 19.6. The third-order valence-electron chi connectivity index (χ3n) is 4.96. The zero-order valence-electron chi connectivity index (χ0n) is 15.8. The van der Waals surface area contributed by atoms with Crippen molar-refractivity contribution in [3.63, 3.8) is 0 Å². The highest BCUT2D eigenvalue weighted by molar-refractivity contribution is 7.89. The summed E-state index contributed by atoms with van der Waals surface area (Å²) in [4.78, 5) is 25.9. The van der Waals surface area contributed by atoms with Crippen molar-refractivity contribution < 1.29 is 22.7 Å². The zero-order chi connectivity index (χ0) is 19.8. The molecule has 0 spiro atoms. The summed E-state index contributed by atoms with van der Waals surface area (Å²) in [7, 11) is -2.47. The van der Waals surface area contributed by atoms with Crippen molar-refractivity contribution in [1.82, 2.24) is 9.21 Å². The Kier molecular flexibility index (Phi) is 5.43. The first-order valence-corrected chi connectivity index (χ1v) is 10.5. The number of carbonyl (C=O) groups excluding carboxylic acids is 2. The number of piperidine rings is 1. The molecule has 0 aliphatic carbocycles. The van der Waals surface area contributed by atoms with Crippen LogP contribution < -0.4 is 10.1 Å². The van der Waals surface area contributed by atoms with Crippen molar-refractivity contribution in [2.75, 3.05) is 32.0 Å². The molecule has 0 aromatic heterocycles. The van der Waals surface area contributed by atoms with Gasteiger partial charge in [-0.25, -0.2) is 8.42 Å². The molecule has 0 saturated carbocycles. The van der Waals surface area contributed by atoms with Gasteiger partial charge >= 0.3 is 0 Å².